The minimum Gasteiger partial charge on any atom is -0.494 e. The van der Waals surface area contributed by atoms with Crippen molar-refractivity contribution in [1.29, 1.82) is 5.41 Å². The van der Waals surface area contributed by atoms with Gasteiger partial charge in [0.15, 0.2) is 0 Å². The lowest BCUT2D eigenvalue weighted by Crippen LogP contribution is -2.30. The summed E-state index contributed by atoms with van der Waals surface area (Å²) >= 11 is 0. The van der Waals surface area contributed by atoms with Crippen molar-refractivity contribution in [2.24, 2.45) is 0 Å². The number of ether oxygens (including phenoxy) is 3. The Balaban J connectivity index is 1.64. The molecule has 0 saturated carbocycles. The Labute approximate surface area is 185 Å². The number of carbonyl (C=O) groups is 1. The van der Waals surface area contributed by atoms with Crippen LogP contribution in [0.2, 0.25) is 0 Å². The second kappa shape index (κ2) is 13.3. The number of rotatable bonds is 13. The molecule has 1 amide bonds. The maximum atomic E-state index is 12.3. The summed E-state index contributed by atoms with van der Waals surface area (Å²) in [6.45, 7) is 8.97. The van der Waals surface area contributed by atoms with Crippen LogP contribution in [0, 0.1) is 5.41 Å². The van der Waals surface area contributed by atoms with E-state index in [0.29, 0.717) is 38.5 Å². The second-order valence-electron chi connectivity index (χ2n) is 7.05. The predicted octanol–water partition coefficient (Wildman–Crippen LogP) is 5.16. The molecule has 2 aromatic carbocycles. The van der Waals surface area contributed by atoms with Gasteiger partial charge in [-0.05, 0) is 82.5 Å². The van der Waals surface area contributed by atoms with Crippen molar-refractivity contribution >= 4 is 11.8 Å². The quantitative estimate of drug-likeness (QED) is 0.273. The minimum atomic E-state index is 0.0526. The van der Waals surface area contributed by atoms with E-state index in [1.807, 2.05) is 69.3 Å². The van der Waals surface area contributed by atoms with Gasteiger partial charge in [-0.1, -0.05) is 6.07 Å². The van der Waals surface area contributed by atoms with E-state index in [-0.39, 0.29) is 11.8 Å². The summed E-state index contributed by atoms with van der Waals surface area (Å²) in [4.78, 5) is 14.1. The molecule has 0 bridgehead atoms. The molecule has 1 N–H and O–H groups in total. The van der Waals surface area contributed by atoms with Gasteiger partial charge >= 0.3 is 0 Å². The number of carbonyl (C=O) groups excluding carboxylic acids is 1. The molecule has 0 aliphatic heterocycles. The van der Waals surface area contributed by atoms with E-state index < -0.39 is 0 Å². The van der Waals surface area contributed by atoms with Gasteiger partial charge in [0.2, 0.25) is 5.90 Å². The van der Waals surface area contributed by atoms with Gasteiger partial charge in [-0.3, -0.25) is 10.2 Å². The first-order chi connectivity index (χ1) is 15.1. The molecule has 2 rings (SSSR count). The number of amides is 1. The SMILES string of the molecule is CCOC(=N)c1cccc(OCCCCCOc2ccc(C(=O)N(CC)CC)cc2)c1. The number of hydrogen-bond donors (Lipinski definition) is 1. The highest BCUT2D eigenvalue weighted by Crippen LogP contribution is 2.16. The fraction of sp³-hybridized carbons (Fsp3) is 0.440. The third-order valence-corrected chi connectivity index (χ3v) is 4.86. The van der Waals surface area contributed by atoms with Crippen LogP contribution in [-0.2, 0) is 4.74 Å². The van der Waals surface area contributed by atoms with Gasteiger partial charge in [0.05, 0.1) is 19.8 Å². The molecule has 31 heavy (non-hydrogen) atoms. The maximum absolute atomic E-state index is 12.3. The standard InChI is InChI=1S/C25H34N2O4/c1-4-27(5-2)25(28)20-13-15-22(16-14-20)30-17-8-7-9-18-31-23-12-10-11-21(19-23)24(26)29-6-3/h10-16,19,26H,4-9,17-18H2,1-3H3. The minimum absolute atomic E-state index is 0.0526. The summed E-state index contributed by atoms with van der Waals surface area (Å²) in [6.07, 6.45) is 2.85. The van der Waals surface area contributed by atoms with Crippen molar-refractivity contribution in [1.82, 2.24) is 4.90 Å². The van der Waals surface area contributed by atoms with Crippen LogP contribution in [0.4, 0.5) is 0 Å². The predicted molar refractivity (Wildman–Crippen MR) is 123 cm³/mol. The molecule has 0 aliphatic rings. The van der Waals surface area contributed by atoms with E-state index in [9.17, 15) is 4.79 Å². The normalized spacial score (nSPS) is 10.4. The maximum Gasteiger partial charge on any atom is 0.253 e. The van der Waals surface area contributed by atoms with Gasteiger partial charge < -0.3 is 19.1 Å². The second-order valence-corrected chi connectivity index (χ2v) is 7.05. The van der Waals surface area contributed by atoms with Crippen molar-refractivity contribution in [2.45, 2.75) is 40.0 Å². The van der Waals surface area contributed by atoms with Crippen LogP contribution >= 0.6 is 0 Å². The van der Waals surface area contributed by atoms with Crippen LogP contribution in [0.1, 0.15) is 56.0 Å². The molecule has 0 aliphatic carbocycles. The highest BCUT2D eigenvalue weighted by molar-refractivity contribution is 5.94. The Morgan fingerprint density at radius 1 is 0.839 bits per heavy atom. The van der Waals surface area contributed by atoms with Crippen molar-refractivity contribution in [3.05, 3.63) is 59.7 Å². The third kappa shape index (κ3) is 7.96. The van der Waals surface area contributed by atoms with Crippen LogP contribution in [0.5, 0.6) is 11.5 Å². The Bertz CT molecular complexity index is 817. The fourth-order valence-corrected chi connectivity index (χ4v) is 3.10. The molecule has 0 unspecified atom stereocenters. The number of hydrogen-bond acceptors (Lipinski definition) is 5. The zero-order valence-electron chi connectivity index (χ0n) is 18.9. The zero-order chi connectivity index (χ0) is 22.5. The summed E-state index contributed by atoms with van der Waals surface area (Å²) in [7, 11) is 0. The molecule has 0 heterocycles. The molecule has 0 atom stereocenters. The summed E-state index contributed by atoms with van der Waals surface area (Å²) < 4.78 is 16.8. The van der Waals surface area contributed by atoms with Crippen molar-refractivity contribution in [2.75, 3.05) is 32.9 Å². The van der Waals surface area contributed by atoms with Gasteiger partial charge in [0.1, 0.15) is 11.5 Å². The van der Waals surface area contributed by atoms with E-state index >= 15 is 0 Å². The molecule has 168 valence electrons. The van der Waals surface area contributed by atoms with Gasteiger partial charge in [-0.25, -0.2) is 0 Å². The Morgan fingerprint density at radius 2 is 1.48 bits per heavy atom. The van der Waals surface area contributed by atoms with Crippen LogP contribution in [0.15, 0.2) is 48.5 Å². The summed E-state index contributed by atoms with van der Waals surface area (Å²) in [6, 6.07) is 14.8. The first-order valence-electron chi connectivity index (χ1n) is 11.1. The molecule has 6 heteroatoms. The first-order valence-corrected chi connectivity index (χ1v) is 11.1. The van der Waals surface area contributed by atoms with E-state index in [1.165, 1.54) is 0 Å². The van der Waals surface area contributed by atoms with Gasteiger partial charge in [-0.2, -0.15) is 0 Å². The Hall–Kier alpha value is -3.02. The molecule has 0 spiro atoms. The summed E-state index contributed by atoms with van der Waals surface area (Å²) in [5.41, 5.74) is 1.41. The Morgan fingerprint density at radius 3 is 2.10 bits per heavy atom. The average molecular weight is 427 g/mol. The van der Waals surface area contributed by atoms with E-state index in [1.54, 1.807) is 4.90 Å². The number of nitrogens with zero attached hydrogens (tertiary/aromatic N) is 1. The molecular weight excluding hydrogens is 392 g/mol. The summed E-state index contributed by atoms with van der Waals surface area (Å²) in [5.74, 6) is 1.74. The number of nitrogens with one attached hydrogen (secondary N) is 1. The molecule has 6 nitrogen and oxygen atoms in total. The molecule has 0 radical (unpaired) electrons. The van der Waals surface area contributed by atoms with Crippen molar-refractivity contribution < 1.29 is 19.0 Å². The van der Waals surface area contributed by atoms with E-state index in [0.717, 1.165) is 36.3 Å². The molecule has 0 fully saturated rings. The largest absolute Gasteiger partial charge is 0.494 e. The summed E-state index contributed by atoms with van der Waals surface area (Å²) in [5, 5.41) is 7.85. The lowest BCUT2D eigenvalue weighted by Gasteiger charge is -2.18. The molecule has 0 saturated heterocycles. The Kier molecular flexibility index (Phi) is 10.4. The number of unbranched alkanes of at least 4 members (excludes halogenated alkanes) is 2. The monoisotopic (exact) mass is 426 g/mol. The van der Waals surface area contributed by atoms with Crippen LogP contribution in [0.3, 0.4) is 0 Å². The van der Waals surface area contributed by atoms with Gasteiger partial charge in [0.25, 0.3) is 5.91 Å². The van der Waals surface area contributed by atoms with Gasteiger partial charge in [0, 0.05) is 24.2 Å². The van der Waals surface area contributed by atoms with Crippen molar-refractivity contribution in [3.8, 4) is 11.5 Å². The fourth-order valence-electron chi connectivity index (χ4n) is 3.10. The lowest BCUT2D eigenvalue weighted by molar-refractivity contribution is 0.0773. The molecular formula is C25H34N2O4. The van der Waals surface area contributed by atoms with Crippen molar-refractivity contribution in [3.63, 3.8) is 0 Å². The topological polar surface area (TPSA) is 71.9 Å². The molecule has 0 aromatic heterocycles. The first kappa shape index (κ1) is 24.3. The van der Waals surface area contributed by atoms with E-state index in [2.05, 4.69) is 0 Å². The zero-order valence-corrected chi connectivity index (χ0v) is 18.9. The highest BCUT2D eigenvalue weighted by Gasteiger charge is 2.12. The van der Waals surface area contributed by atoms with Crippen LogP contribution in [-0.4, -0.2) is 49.6 Å². The highest BCUT2D eigenvalue weighted by atomic mass is 16.5. The smallest absolute Gasteiger partial charge is 0.253 e. The third-order valence-electron chi connectivity index (χ3n) is 4.86. The average Bonchev–Trinajstić information content (AvgIpc) is 2.80. The number of benzene rings is 2. The van der Waals surface area contributed by atoms with E-state index in [4.69, 9.17) is 19.6 Å². The van der Waals surface area contributed by atoms with Crippen LogP contribution < -0.4 is 9.47 Å². The molecule has 2 aromatic rings. The lowest BCUT2D eigenvalue weighted by atomic mass is 10.2. The van der Waals surface area contributed by atoms with Gasteiger partial charge in [-0.15, -0.1) is 0 Å². The van der Waals surface area contributed by atoms with Crippen LogP contribution in [0.25, 0.3) is 0 Å².